The van der Waals surface area contributed by atoms with Gasteiger partial charge >= 0.3 is 0 Å². The van der Waals surface area contributed by atoms with Crippen molar-refractivity contribution >= 4 is 28.2 Å². The van der Waals surface area contributed by atoms with Crippen LogP contribution in [-0.4, -0.2) is 89.9 Å². The number of aromatic nitrogens is 3. The van der Waals surface area contributed by atoms with Crippen LogP contribution in [0, 0.1) is 18.3 Å². The minimum atomic E-state index is 0.0820. The summed E-state index contributed by atoms with van der Waals surface area (Å²) in [5.41, 5.74) is 7.66. The average molecular weight is 569 g/mol. The summed E-state index contributed by atoms with van der Waals surface area (Å²) in [5, 5.41) is 19.0. The molecule has 1 aromatic carbocycles. The lowest BCUT2D eigenvalue weighted by Gasteiger charge is -2.40. The number of rotatable bonds is 6. The number of piperazine rings is 1. The van der Waals surface area contributed by atoms with E-state index in [0.29, 0.717) is 56.8 Å². The third-order valence-corrected chi connectivity index (χ3v) is 9.26. The number of aryl methyl sites for hydroxylation is 1. The maximum Gasteiger partial charge on any atom is 0.249 e. The van der Waals surface area contributed by atoms with Crippen LogP contribution in [0.4, 0.5) is 11.4 Å². The van der Waals surface area contributed by atoms with Crippen LogP contribution in [0.15, 0.2) is 30.0 Å². The highest BCUT2D eigenvalue weighted by Gasteiger charge is 2.33. The van der Waals surface area contributed by atoms with E-state index in [-0.39, 0.29) is 5.91 Å². The second-order valence-corrected chi connectivity index (χ2v) is 11.8. The summed E-state index contributed by atoms with van der Waals surface area (Å²) in [4.78, 5) is 26.8. The molecule has 10 heteroatoms. The third kappa shape index (κ3) is 5.07. The Kier molecular flexibility index (Phi) is 7.78. The first kappa shape index (κ1) is 28.0. The predicted octanol–water partition coefficient (Wildman–Crippen LogP) is 3.79. The number of pyridine rings is 1. The SMILES string of the molecule is CC=C(C)C(=O)N1CCN(c2c(C#N)c(OCC3CCCN3C)nc3c2CCN(c2c(C)ccc4[nH]ncc24)C3)CC1. The number of ether oxygens (including phenoxy) is 1. The highest BCUT2D eigenvalue weighted by atomic mass is 16.5. The molecule has 1 atom stereocenters. The number of nitriles is 1. The van der Waals surface area contributed by atoms with Crippen LogP contribution in [0.25, 0.3) is 10.9 Å². The predicted molar refractivity (Wildman–Crippen MR) is 164 cm³/mol. The fourth-order valence-corrected chi connectivity index (χ4v) is 6.68. The van der Waals surface area contributed by atoms with Crippen molar-refractivity contribution < 1.29 is 9.53 Å². The lowest BCUT2D eigenvalue weighted by molar-refractivity contribution is -0.127. The molecule has 2 saturated heterocycles. The third-order valence-electron chi connectivity index (χ3n) is 9.26. The van der Waals surface area contributed by atoms with Crippen LogP contribution >= 0.6 is 0 Å². The summed E-state index contributed by atoms with van der Waals surface area (Å²) >= 11 is 0. The molecule has 1 N–H and O–H groups in total. The van der Waals surface area contributed by atoms with Gasteiger partial charge in [0.2, 0.25) is 11.8 Å². The zero-order chi connectivity index (χ0) is 29.4. The largest absolute Gasteiger partial charge is 0.475 e. The monoisotopic (exact) mass is 568 g/mol. The number of likely N-dealkylation sites (N-methyl/N-ethyl adjacent to an activating group) is 1. The van der Waals surface area contributed by atoms with E-state index >= 15 is 0 Å². The smallest absolute Gasteiger partial charge is 0.249 e. The second-order valence-electron chi connectivity index (χ2n) is 11.8. The van der Waals surface area contributed by atoms with Crippen molar-refractivity contribution in [2.45, 2.75) is 52.6 Å². The van der Waals surface area contributed by atoms with Crippen LogP contribution in [0.1, 0.15) is 49.1 Å². The number of amides is 1. The molecule has 6 rings (SSSR count). The summed E-state index contributed by atoms with van der Waals surface area (Å²) < 4.78 is 6.40. The van der Waals surface area contributed by atoms with Gasteiger partial charge in [-0.1, -0.05) is 12.1 Å². The Hall–Kier alpha value is -4.10. The van der Waals surface area contributed by atoms with Gasteiger partial charge in [0, 0.05) is 55.3 Å². The van der Waals surface area contributed by atoms with Crippen LogP contribution < -0.4 is 14.5 Å². The number of benzene rings is 1. The van der Waals surface area contributed by atoms with E-state index in [1.807, 2.05) is 31.0 Å². The number of carbonyl (C=O) groups excluding carboxylic acids is 1. The standard InChI is InChI=1S/C32H40N8O2/c1-5-21(2)32(41)39-15-13-38(14-16-39)30-24-10-12-40(29-22(3)8-9-27-26(29)18-34-36-27)19-28(24)35-31(25(30)17-33)42-20-23-7-6-11-37(23)4/h5,8-9,18,23H,6-7,10-16,19-20H2,1-4H3,(H,34,36). The van der Waals surface area contributed by atoms with Gasteiger partial charge in [-0.15, -0.1) is 0 Å². The van der Waals surface area contributed by atoms with E-state index in [1.54, 1.807) is 0 Å². The minimum absolute atomic E-state index is 0.0820. The Bertz CT molecular complexity index is 1560. The van der Waals surface area contributed by atoms with Gasteiger partial charge in [0.25, 0.3) is 0 Å². The van der Waals surface area contributed by atoms with Gasteiger partial charge in [0.05, 0.1) is 35.3 Å². The number of nitrogens with one attached hydrogen (secondary N) is 1. The Labute approximate surface area is 247 Å². The zero-order valence-corrected chi connectivity index (χ0v) is 25.1. The summed E-state index contributed by atoms with van der Waals surface area (Å²) in [6.07, 6.45) is 6.77. The van der Waals surface area contributed by atoms with E-state index in [2.05, 4.69) is 57.1 Å². The number of allylic oxidation sites excluding steroid dienone is 1. The molecule has 3 aromatic rings. The lowest BCUT2D eigenvalue weighted by atomic mass is 9.97. The summed E-state index contributed by atoms with van der Waals surface area (Å²) in [6.45, 7) is 11.5. The molecule has 5 heterocycles. The van der Waals surface area contributed by atoms with Crippen molar-refractivity contribution in [2.24, 2.45) is 0 Å². The number of anilines is 2. The van der Waals surface area contributed by atoms with Crippen molar-refractivity contribution in [1.29, 1.82) is 5.26 Å². The van der Waals surface area contributed by atoms with Crippen molar-refractivity contribution in [2.75, 3.05) is 62.7 Å². The molecule has 3 aliphatic heterocycles. The van der Waals surface area contributed by atoms with Gasteiger partial charge in [0.15, 0.2) is 0 Å². The number of hydrogen-bond acceptors (Lipinski definition) is 8. The Balaban J connectivity index is 1.36. The van der Waals surface area contributed by atoms with Crippen molar-refractivity contribution in [3.8, 4) is 11.9 Å². The first-order valence-corrected chi connectivity index (χ1v) is 15.0. The van der Waals surface area contributed by atoms with E-state index in [9.17, 15) is 10.1 Å². The molecule has 0 aliphatic carbocycles. The van der Waals surface area contributed by atoms with Gasteiger partial charge in [0.1, 0.15) is 18.2 Å². The van der Waals surface area contributed by atoms with Crippen LogP contribution in [0.2, 0.25) is 0 Å². The maximum absolute atomic E-state index is 12.8. The average Bonchev–Trinajstić information content (AvgIpc) is 3.66. The molecule has 220 valence electrons. The molecule has 0 radical (unpaired) electrons. The van der Waals surface area contributed by atoms with Crippen LogP contribution in [0.3, 0.4) is 0 Å². The molecule has 1 amide bonds. The number of aromatic amines is 1. The number of carbonyl (C=O) groups is 1. The van der Waals surface area contributed by atoms with Gasteiger partial charge in [-0.25, -0.2) is 4.98 Å². The molecular weight excluding hydrogens is 528 g/mol. The molecule has 42 heavy (non-hydrogen) atoms. The second kappa shape index (κ2) is 11.6. The van der Waals surface area contributed by atoms with E-state index in [1.165, 1.54) is 11.3 Å². The number of fused-ring (bicyclic) bond motifs is 2. The number of hydrogen-bond donors (Lipinski definition) is 1. The normalized spacial score (nSPS) is 19.7. The number of H-pyrrole nitrogens is 1. The van der Waals surface area contributed by atoms with Crippen molar-refractivity contribution in [3.05, 3.63) is 52.4 Å². The fraction of sp³-hybridized carbons (Fsp3) is 0.500. The molecule has 10 nitrogen and oxygen atoms in total. The van der Waals surface area contributed by atoms with E-state index in [4.69, 9.17) is 9.72 Å². The van der Waals surface area contributed by atoms with Crippen molar-refractivity contribution in [1.82, 2.24) is 25.0 Å². The van der Waals surface area contributed by atoms with Crippen LogP contribution in [0.5, 0.6) is 5.88 Å². The van der Waals surface area contributed by atoms with Gasteiger partial charge in [-0.05, 0) is 65.3 Å². The molecule has 1 unspecified atom stereocenters. The van der Waals surface area contributed by atoms with Crippen LogP contribution in [-0.2, 0) is 17.8 Å². The first-order valence-electron chi connectivity index (χ1n) is 15.0. The molecule has 3 aliphatic rings. The molecule has 0 spiro atoms. The maximum atomic E-state index is 12.8. The molecule has 0 saturated carbocycles. The quantitative estimate of drug-likeness (QED) is 0.448. The Morgan fingerprint density at radius 2 is 1.98 bits per heavy atom. The fourth-order valence-electron chi connectivity index (χ4n) is 6.68. The summed E-state index contributed by atoms with van der Waals surface area (Å²) in [5.74, 6) is 0.508. The van der Waals surface area contributed by atoms with E-state index < -0.39 is 0 Å². The first-order chi connectivity index (χ1) is 20.4. The minimum Gasteiger partial charge on any atom is -0.475 e. The molecular formula is C32H40N8O2. The summed E-state index contributed by atoms with van der Waals surface area (Å²) in [6, 6.07) is 7.00. The summed E-state index contributed by atoms with van der Waals surface area (Å²) in [7, 11) is 2.13. The van der Waals surface area contributed by atoms with Gasteiger partial charge in [-0.3, -0.25) is 9.89 Å². The highest BCUT2D eigenvalue weighted by molar-refractivity contribution is 5.94. The highest BCUT2D eigenvalue weighted by Crippen LogP contribution is 2.39. The lowest BCUT2D eigenvalue weighted by Crippen LogP contribution is -2.49. The van der Waals surface area contributed by atoms with Crippen molar-refractivity contribution in [3.63, 3.8) is 0 Å². The Morgan fingerprint density at radius 3 is 2.69 bits per heavy atom. The van der Waals surface area contributed by atoms with Gasteiger partial charge in [-0.2, -0.15) is 10.4 Å². The Morgan fingerprint density at radius 1 is 1.17 bits per heavy atom. The topological polar surface area (TPSA) is 105 Å². The molecule has 2 aromatic heterocycles. The molecule has 2 fully saturated rings. The molecule has 0 bridgehead atoms. The number of nitrogens with zero attached hydrogens (tertiary/aromatic N) is 7. The zero-order valence-electron chi connectivity index (χ0n) is 25.1. The number of likely N-dealkylation sites (tertiary alicyclic amines) is 1. The van der Waals surface area contributed by atoms with E-state index in [0.717, 1.165) is 65.8 Å². The van der Waals surface area contributed by atoms with Gasteiger partial charge < -0.3 is 24.3 Å².